The molecule has 30 heavy (non-hydrogen) atoms. The van der Waals surface area contributed by atoms with E-state index in [-0.39, 0.29) is 5.56 Å². The minimum atomic E-state index is -1.08. The topological polar surface area (TPSA) is 81.9 Å². The van der Waals surface area contributed by atoms with E-state index in [0.29, 0.717) is 23.1 Å². The molecule has 0 fully saturated rings. The first-order valence-electron chi connectivity index (χ1n) is 8.86. The average Bonchev–Trinajstić information content (AvgIpc) is 3.17. The highest BCUT2D eigenvalue weighted by atomic mass is 19.2. The molecule has 7 nitrogen and oxygen atoms in total. The van der Waals surface area contributed by atoms with E-state index in [2.05, 4.69) is 20.3 Å². The van der Waals surface area contributed by atoms with Crippen molar-refractivity contribution in [1.82, 2.24) is 19.5 Å². The molecule has 0 atom stereocenters. The normalized spacial score (nSPS) is 10.6. The molecule has 4 aromatic rings. The van der Waals surface area contributed by atoms with Crippen LogP contribution in [0.1, 0.15) is 16.2 Å². The maximum Gasteiger partial charge on any atom is 0.255 e. The largest absolute Gasteiger partial charge is 0.439 e. The first kappa shape index (κ1) is 19.2. The Morgan fingerprint density at radius 3 is 2.50 bits per heavy atom. The molecular formula is C21H15F2N5O2. The zero-order valence-electron chi connectivity index (χ0n) is 15.7. The van der Waals surface area contributed by atoms with E-state index < -0.39 is 17.5 Å². The number of benzene rings is 2. The summed E-state index contributed by atoms with van der Waals surface area (Å²) in [4.78, 5) is 24.6. The third kappa shape index (κ3) is 4.14. The second-order valence-electron chi connectivity index (χ2n) is 6.27. The number of amides is 1. The van der Waals surface area contributed by atoms with Gasteiger partial charge in [-0.3, -0.25) is 9.36 Å². The van der Waals surface area contributed by atoms with E-state index >= 15 is 0 Å². The predicted molar refractivity (Wildman–Crippen MR) is 105 cm³/mol. The van der Waals surface area contributed by atoms with Crippen molar-refractivity contribution >= 4 is 11.6 Å². The van der Waals surface area contributed by atoms with Crippen LogP contribution in [0, 0.1) is 18.6 Å². The second-order valence-corrected chi connectivity index (χ2v) is 6.27. The van der Waals surface area contributed by atoms with Crippen LogP contribution in [-0.4, -0.2) is 25.4 Å². The molecule has 2 aromatic heterocycles. The fourth-order valence-corrected chi connectivity index (χ4v) is 2.71. The van der Waals surface area contributed by atoms with Crippen LogP contribution >= 0.6 is 0 Å². The summed E-state index contributed by atoms with van der Waals surface area (Å²) >= 11 is 0. The Morgan fingerprint density at radius 1 is 1.00 bits per heavy atom. The number of nitrogens with zero attached hydrogens (tertiary/aromatic N) is 4. The minimum Gasteiger partial charge on any atom is -0.439 e. The lowest BCUT2D eigenvalue weighted by Gasteiger charge is -2.09. The van der Waals surface area contributed by atoms with Gasteiger partial charge in [0.15, 0.2) is 11.6 Å². The maximum absolute atomic E-state index is 13.3. The molecule has 9 heteroatoms. The Bertz CT molecular complexity index is 1210. The van der Waals surface area contributed by atoms with Gasteiger partial charge in [-0.15, -0.1) is 0 Å². The van der Waals surface area contributed by atoms with Crippen LogP contribution in [0.3, 0.4) is 0 Å². The highest BCUT2D eigenvalue weighted by molar-refractivity contribution is 6.04. The van der Waals surface area contributed by atoms with E-state index in [1.54, 1.807) is 47.3 Å². The fraction of sp³-hybridized carbons (Fsp3) is 0.0476. The second kappa shape index (κ2) is 8.08. The molecule has 0 aliphatic rings. The van der Waals surface area contributed by atoms with Gasteiger partial charge in [-0.1, -0.05) is 0 Å². The summed E-state index contributed by atoms with van der Waals surface area (Å²) in [5, 5.41) is 2.61. The maximum atomic E-state index is 13.3. The molecule has 4 rings (SSSR count). The van der Waals surface area contributed by atoms with E-state index in [0.717, 1.165) is 18.0 Å². The van der Waals surface area contributed by atoms with Crippen molar-refractivity contribution in [2.45, 2.75) is 6.92 Å². The van der Waals surface area contributed by atoms with Gasteiger partial charge in [0.1, 0.15) is 23.7 Å². The minimum absolute atomic E-state index is 0.0116. The third-order valence-corrected chi connectivity index (χ3v) is 4.22. The number of hydrogen-bond acceptors (Lipinski definition) is 5. The van der Waals surface area contributed by atoms with Gasteiger partial charge >= 0.3 is 0 Å². The molecular weight excluding hydrogens is 392 g/mol. The molecule has 2 aromatic carbocycles. The number of carbonyl (C=O) groups excluding carboxylic acids is 1. The lowest BCUT2D eigenvalue weighted by atomic mass is 10.2. The van der Waals surface area contributed by atoms with Crippen LogP contribution in [-0.2, 0) is 0 Å². The Hall–Kier alpha value is -4.14. The molecule has 0 radical (unpaired) electrons. The zero-order chi connectivity index (χ0) is 21.1. The summed E-state index contributed by atoms with van der Waals surface area (Å²) in [6.45, 7) is 1.86. The van der Waals surface area contributed by atoms with Crippen molar-refractivity contribution in [3.63, 3.8) is 0 Å². The highest BCUT2D eigenvalue weighted by Gasteiger charge is 2.10. The van der Waals surface area contributed by atoms with E-state index in [1.807, 2.05) is 6.92 Å². The number of rotatable bonds is 5. The summed E-state index contributed by atoms with van der Waals surface area (Å²) in [5.41, 5.74) is 0.479. The molecule has 0 spiro atoms. The lowest BCUT2D eigenvalue weighted by molar-refractivity contribution is 0.102. The van der Waals surface area contributed by atoms with Crippen LogP contribution in [0.2, 0.25) is 0 Å². The van der Waals surface area contributed by atoms with E-state index in [9.17, 15) is 13.6 Å². The Morgan fingerprint density at radius 2 is 1.80 bits per heavy atom. The van der Waals surface area contributed by atoms with Gasteiger partial charge in [0.05, 0.1) is 0 Å². The van der Waals surface area contributed by atoms with Crippen molar-refractivity contribution in [2.75, 3.05) is 5.32 Å². The van der Waals surface area contributed by atoms with Crippen LogP contribution < -0.4 is 10.1 Å². The first-order valence-corrected chi connectivity index (χ1v) is 8.86. The van der Waals surface area contributed by atoms with Crippen molar-refractivity contribution in [2.24, 2.45) is 0 Å². The Balaban J connectivity index is 1.44. The van der Waals surface area contributed by atoms with Crippen molar-refractivity contribution < 1.29 is 18.3 Å². The van der Waals surface area contributed by atoms with Crippen LogP contribution in [0.15, 0.2) is 67.3 Å². The van der Waals surface area contributed by atoms with Crippen molar-refractivity contribution in [3.8, 4) is 17.4 Å². The Kier molecular flexibility index (Phi) is 5.17. The van der Waals surface area contributed by atoms with E-state index in [1.165, 1.54) is 12.4 Å². The summed E-state index contributed by atoms with van der Waals surface area (Å²) < 4.78 is 33.8. The molecule has 0 unspecified atom stereocenters. The molecule has 0 saturated carbocycles. The standard InChI is InChI=1S/C21H15F2N5O2/c1-13-24-8-9-28(13)19-11-20(26-12-25-19)30-16-5-3-15(4-6-16)27-21(29)14-2-7-17(22)18(23)10-14/h2-12H,1H3,(H,27,29). The number of anilines is 1. The van der Waals surface area contributed by atoms with Gasteiger partial charge in [0, 0.05) is 29.7 Å². The van der Waals surface area contributed by atoms with Crippen LogP contribution in [0.25, 0.3) is 5.82 Å². The van der Waals surface area contributed by atoms with Gasteiger partial charge in [0.2, 0.25) is 5.88 Å². The van der Waals surface area contributed by atoms with Crippen molar-refractivity contribution in [3.05, 3.63) is 90.3 Å². The number of imidazole rings is 1. The molecule has 0 bridgehead atoms. The fourth-order valence-electron chi connectivity index (χ4n) is 2.71. The quantitative estimate of drug-likeness (QED) is 0.534. The summed E-state index contributed by atoms with van der Waals surface area (Å²) in [6.07, 6.45) is 4.84. The molecule has 1 amide bonds. The molecule has 2 heterocycles. The number of aryl methyl sites for hydroxylation is 1. The zero-order valence-corrected chi connectivity index (χ0v) is 15.7. The SMILES string of the molecule is Cc1nccn1-c1cc(Oc2ccc(NC(=O)c3ccc(F)c(F)c3)cc2)ncn1. The highest BCUT2D eigenvalue weighted by Crippen LogP contribution is 2.23. The van der Waals surface area contributed by atoms with Gasteiger partial charge in [0.25, 0.3) is 5.91 Å². The number of halogens is 2. The first-order chi connectivity index (χ1) is 14.5. The molecule has 0 aliphatic heterocycles. The molecule has 1 N–H and O–H groups in total. The van der Waals surface area contributed by atoms with E-state index in [4.69, 9.17) is 4.74 Å². The number of ether oxygens (including phenoxy) is 1. The van der Waals surface area contributed by atoms with Gasteiger partial charge in [-0.2, -0.15) is 0 Å². The smallest absolute Gasteiger partial charge is 0.255 e. The number of carbonyl (C=O) groups is 1. The molecule has 0 saturated heterocycles. The van der Waals surface area contributed by atoms with Crippen molar-refractivity contribution in [1.29, 1.82) is 0 Å². The Labute approximate surface area is 170 Å². The van der Waals surface area contributed by atoms with Gasteiger partial charge < -0.3 is 10.1 Å². The summed E-state index contributed by atoms with van der Waals surface area (Å²) in [5.74, 6) is -0.421. The molecule has 150 valence electrons. The van der Waals surface area contributed by atoms with Gasteiger partial charge in [-0.05, 0) is 49.4 Å². The number of nitrogens with one attached hydrogen (secondary N) is 1. The predicted octanol–water partition coefficient (Wildman–Crippen LogP) is 4.29. The average molecular weight is 407 g/mol. The van der Waals surface area contributed by atoms with Gasteiger partial charge in [-0.25, -0.2) is 23.7 Å². The number of hydrogen-bond donors (Lipinski definition) is 1. The van der Waals surface area contributed by atoms with Crippen LogP contribution in [0.4, 0.5) is 14.5 Å². The number of aromatic nitrogens is 4. The van der Waals surface area contributed by atoms with Crippen LogP contribution in [0.5, 0.6) is 11.6 Å². The molecule has 0 aliphatic carbocycles. The third-order valence-electron chi connectivity index (χ3n) is 4.22. The summed E-state index contributed by atoms with van der Waals surface area (Å²) in [6, 6.07) is 11.2. The summed E-state index contributed by atoms with van der Waals surface area (Å²) in [7, 11) is 0. The monoisotopic (exact) mass is 407 g/mol. The lowest BCUT2D eigenvalue weighted by Crippen LogP contribution is -2.12.